The number of rotatable bonds is 5. The molecule has 1 aromatic carbocycles. The summed E-state index contributed by atoms with van der Waals surface area (Å²) in [5.74, 6) is 0.410. The number of hydrogen-bond acceptors (Lipinski definition) is 6. The molecule has 0 saturated carbocycles. The van der Waals surface area contributed by atoms with E-state index in [2.05, 4.69) is 25.3 Å². The minimum absolute atomic E-state index is 0.00184. The minimum atomic E-state index is -4.52. The summed E-state index contributed by atoms with van der Waals surface area (Å²) in [6.07, 6.45) is -0.906. The quantitative estimate of drug-likeness (QED) is 0.501. The Kier molecular flexibility index (Phi) is 5.31. The molecule has 6 nitrogen and oxygen atoms in total. The molecule has 0 fully saturated rings. The summed E-state index contributed by atoms with van der Waals surface area (Å²) in [7, 11) is 0. The first-order valence-corrected chi connectivity index (χ1v) is 8.01. The zero-order valence-corrected chi connectivity index (χ0v) is 14.4. The van der Waals surface area contributed by atoms with Crippen LogP contribution in [0.2, 0.25) is 5.28 Å². The maximum absolute atomic E-state index is 12.8. The van der Waals surface area contributed by atoms with Crippen molar-refractivity contribution in [3.05, 3.63) is 64.8 Å². The predicted octanol–water partition coefficient (Wildman–Crippen LogP) is 4.22. The number of nitrogens with one attached hydrogen (secondary N) is 2. The van der Waals surface area contributed by atoms with Crippen molar-refractivity contribution in [3.8, 4) is 11.4 Å². The molecule has 0 radical (unpaired) electrons. The molecule has 0 unspecified atom stereocenters. The first kappa shape index (κ1) is 18.7. The van der Waals surface area contributed by atoms with E-state index in [9.17, 15) is 13.2 Å². The van der Waals surface area contributed by atoms with Crippen LogP contribution in [0.15, 0.2) is 42.7 Å². The zero-order chi connectivity index (χ0) is 19.4. The molecule has 0 atom stereocenters. The molecular weight excluding hydrogens is 381 g/mol. The van der Waals surface area contributed by atoms with Crippen LogP contribution in [-0.4, -0.2) is 26.2 Å². The SMILES string of the molecule is N=Cc1cnc(Cl)nc1NCc1ccc(-c2nccc(C(F)(F)F)n2)cc1. The van der Waals surface area contributed by atoms with Crippen LogP contribution in [0.25, 0.3) is 11.4 Å². The van der Waals surface area contributed by atoms with Gasteiger partial charge in [-0.3, -0.25) is 0 Å². The lowest BCUT2D eigenvalue weighted by Gasteiger charge is -2.09. The van der Waals surface area contributed by atoms with Crippen LogP contribution in [0, 0.1) is 5.41 Å². The average Bonchev–Trinajstić information content (AvgIpc) is 2.66. The van der Waals surface area contributed by atoms with Crippen molar-refractivity contribution in [1.82, 2.24) is 19.9 Å². The lowest BCUT2D eigenvalue weighted by atomic mass is 10.1. The van der Waals surface area contributed by atoms with Crippen molar-refractivity contribution in [2.45, 2.75) is 12.7 Å². The molecule has 10 heteroatoms. The number of aromatic nitrogens is 4. The predicted molar refractivity (Wildman–Crippen MR) is 94.7 cm³/mol. The molecule has 0 bridgehead atoms. The van der Waals surface area contributed by atoms with Crippen LogP contribution in [0.1, 0.15) is 16.8 Å². The molecule has 2 N–H and O–H groups in total. The Hall–Kier alpha value is -3.07. The summed E-state index contributed by atoms with van der Waals surface area (Å²) in [6.45, 7) is 0.373. The Balaban J connectivity index is 1.75. The van der Waals surface area contributed by atoms with E-state index in [0.717, 1.165) is 24.0 Å². The lowest BCUT2D eigenvalue weighted by molar-refractivity contribution is -0.141. The fourth-order valence-corrected chi connectivity index (χ4v) is 2.36. The van der Waals surface area contributed by atoms with E-state index in [-0.39, 0.29) is 11.1 Å². The lowest BCUT2D eigenvalue weighted by Crippen LogP contribution is -2.09. The third-order valence-corrected chi connectivity index (χ3v) is 3.74. The van der Waals surface area contributed by atoms with E-state index in [1.165, 1.54) is 6.20 Å². The van der Waals surface area contributed by atoms with Crippen LogP contribution in [-0.2, 0) is 12.7 Å². The van der Waals surface area contributed by atoms with Gasteiger partial charge in [0.1, 0.15) is 11.5 Å². The molecule has 0 amide bonds. The Bertz CT molecular complexity index is 960. The van der Waals surface area contributed by atoms with Gasteiger partial charge in [-0.15, -0.1) is 0 Å². The molecule has 0 aliphatic heterocycles. The Labute approximate surface area is 157 Å². The number of halogens is 4. The van der Waals surface area contributed by atoms with Gasteiger partial charge in [-0.05, 0) is 23.2 Å². The molecule has 2 heterocycles. The highest BCUT2D eigenvalue weighted by Gasteiger charge is 2.32. The fraction of sp³-hybridized carbons (Fsp3) is 0.118. The van der Waals surface area contributed by atoms with Gasteiger partial charge in [-0.25, -0.2) is 19.9 Å². The van der Waals surface area contributed by atoms with Gasteiger partial charge < -0.3 is 10.7 Å². The Morgan fingerprint density at radius 3 is 2.48 bits per heavy atom. The Morgan fingerprint density at radius 1 is 1.07 bits per heavy atom. The second kappa shape index (κ2) is 7.67. The van der Waals surface area contributed by atoms with E-state index in [1.54, 1.807) is 24.3 Å². The van der Waals surface area contributed by atoms with Gasteiger partial charge in [0.05, 0.1) is 5.56 Å². The van der Waals surface area contributed by atoms with E-state index < -0.39 is 11.9 Å². The summed E-state index contributed by atoms with van der Waals surface area (Å²) in [5, 5.41) is 10.4. The number of nitrogens with zero attached hydrogens (tertiary/aromatic N) is 4. The first-order valence-electron chi connectivity index (χ1n) is 7.63. The van der Waals surface area contributed by atoms with Crippen molar-refractivity contribution in [3.63, 3.8) is 0 Å². The van der Waals surface area contributed by atoms with Crippen molar-refractivity contribution < 1.29 is 13.2 Å². The molecule has 0 saturated heterocycles. The summed E-state index contributed by atoms with van der Waals surface area (Å²) in [4.78, 5) is 15.3. The zero-order valence-electron chi connectivity index (χ0n) is 13.6. The number of hydrogen-bond donors (Lipinski definition) is 2. The molecule has 3 aromatic rings. The van der Waals surface area contributed by atoms with Gasteiger partial charge in [0, 0.05) is 30.7 Å². The van der Waals surface area contributed by atoms with Crippen LogP contribution in [0.5, 0.6) is 0 Å². The molecule has 138 valence electrons. The summed E-state index contributed by atoms with van der Waals surface area (Å²) in [6, 6.07) is 7.57. The molecule has 27 heavy (non-hydrogen) atoms. The maximum atomic E-state index is 12.8. The third kappa shape index (κ3) is 4.56. The van der Waals surface area contributed by atoms with Crippen molar-refractivity contribution in [2.75, 3.05) is 5.32 Å². The molecule has 2 aromatic heterocycles. The topological polar surface area (TPSA) is 87.4 Å². The number of benzene rings is 1. The minimum Gasteiger partial charge on any atom is -0.365 e. The van der Waals surface area contributed by atoms with Gasteiger partial charge in [-0.2, -0.15) is 13.2 Å². The summed E-state index contributed by atoms with van der Waals surface area (Å²) < 4.78 is 38.3. The van der Waals surface area contributed by atoms with Crippen LogP contribution in [0.3, 0.4) is 0 Å². The fourth-order valence-electron chi connectivity index (χ4n) is 2.23. The molecule has 0 aliphatic carbocycles. The maximum Gasteiger partial charge on any atom is 0.433 e. The first-order chi connectivity index (χ1) is 12.9. The van der Waals surface area contributed by atoms with Crippen molar-refractivity contribution in [1.29, 1.82) is 5.41 Å². The van der Waals surface area contributed by atoms with E-state index in [4.69, 9.17) is 17.0 Å². The molecular formula is C17H12ClF3N6. The second-order valence-electron chi connectivity index (χ2n) is 5.40. The number of anilines is 1. The Morgan fingerprint density at radius 2 is 1.81 bits per heavy atom. The monoisotopic (exact) mass is 392 g/mol. The van der Waals surface area contributed by atoms with E-state index in [1.807, 2.05) is 0 Å². The largest absolute Gasteiger partial charge is 0.433 e. The molecule has 0 aliphatic rings. The van der Waals surface area contributed by atoms with Gasteiger partial charge in [0.2, 0.25) is 5.28 Å². The van der Waals surface area contributed by atoms with Crippen LogP contribution >= 0.6 is 11.6 Å². The second-order valence-corrected chi connectivity index (χ2v) is 5.74. The van der Waals surface area contributed by atoms with Gasteiger partial charge in [-0.1, -0.05) is 24.3 Å². The van der Waals surface area contributed by atoms with Crippen molar-refractivity contribution in [2.24, 2.45) is 0 Å². The summed E-state index contributed by atoms with van der Waals surface area (Å²) in [5.41, 5.74) is 0.804. The van der Waals surface area contributed by atoms with Gasteiger partial charge in [0.25, 0.3) is 0 Å². The number of alkyl halides is 3. The smallest absolute Gasteiger partial charge is 0.365 e. The van der Waals surface area contributed by atoms with Crippen LogP contribution in [0.4, 0.5) is 19.0 Å². The highest BCUT2D eigenvalue weighted by atomic mass is 35.5. The summed E-state index contributed by atoms with van der Waals surface area (Å²) >= 11 is 5.76. The third-order valence-electron chi connectivity index (χ3n) is 3.56. The molecule has 3 rings (SSSR count). The highest BCUT2D eigenvalue weighted by molar-refractivity contribution is 6.28. The highest BCUT2D eigenvalue weighted by Crippen LogP contribution is 2.28. The van der Waals surface area contributed by atoms with Gasteiger partial charge in [0.15, 0.2) is 5.82 Å². The average molecular weight is 393 g/mol. The van der Waals surface area contributed by atoms with E-state index in [0.29, 0.717) is 23.5 Å². The normalized spacial score (nSPS) is 11.3. The van der Waals surface area contributed by atoms with E-state index >= 15 is 0 Å². The standard InChI is InChI=1S/C17H12ClF3N6/c18-16-25-9-12(7-22)15(27-16)24-8-10-1-3-11(4-2-10)14-23-6-5-13(26-14)17(19,20)21/h1-7,9,22H,8H2,(H,24,25,27). The van der Waals surface area contributed by atoms with Crippen molar-refractivity contribution >= 4 is 23.6 Å². The van der Waals surface area contributed by atoms with Gasteiger partial charge >= 0.3 is 6.18 Å². The molecule has 0 spiro atoms. The van der Waals surface area contributed by atoms with Crippen LogP contribution < -0.4 is 5.32 Å².